The number of hydrazine groups is 1. The zero-order valence-electron chi connectivity index (χ0n) is 16.2. The van der Waals surface area contributed by atoms with Crippen LogP contribution in [0.25, 0.3) is 11.0 Å². The van der Waals surface area contributed by atoms with Crippen LogP contribution in [-0.2, 0) is 14.3 Å². The Kier molecular flexibility index (Phi) is 5.27. The monoisotopic (exact) mass is 477 g/mol. The maximum absolute atomic E-state index is 12.7. The molecule has 0 bridgehead atoms. The van der Waals surface area contributed by atoms with Gasteiger partial charge in [0, 0.05) is 15.4 Å². The van der Waals surface area contributed by atoms with E-state index in [9.17, 15) is 19.2 Å². The zero-order chi connectivity index (χ0) is 21.5. The summed E-state index contributed by atoms with van der Waals surface area (Å²) < 4.78 is 11.4. The third kappa shape index (κ3) is 3.55. The first-order valence-electron chi connectivity index (χ1n) is 9.63. The minimum atomic E-state index is -0.945. The minimum Gasteiger partial charge on any atom is -0.450 e. The van der Waals surface area contributed by atoms with Crippen LogP contribution in [0.3, 0.4) is 0 Å². The quantitative estimate of drug-likeness (QED) is 0.516. The average Bonchev–Trinajstić information content (AvgIpc) is 3.16. The van der Waals surface area contributed by atoms with Gasteiger partial charge in [0.15, 0.2) is 6.61 Å². The number of urea groups is 1. The van der Waals surface area contributed by atoms with Gasteiger partial charge < -0.3 is 14.5 Å². The van der Waals surface area contributed by atoms with E-state index in [-0.39, 0.29) is 5.76 Å². The van der Waals surface area contributed by atoms with Crippen molar-refractivity contribution < 1.29 is 28.3 Å². The number of carbonyl (C=O) groups is 4. The molecule has 4 amide bonds. The molecular formula is C20H20BrN3O6. The van der Waals surface area contributed by atoms with E-state index in [2.05, 4.69) is 26.7 Å². The van der Waals surface area contributed by atoms with E-state index in [1.165, 1.54) is 0 Å². The molecule has 2 heterocycles. The molecule has 0 atom stereocenters. The number of nitrogens with zero attached hydrogens (tertiary/aromatic N) is 1. The number of halogens is 1. The second-order valence-corrected chi connectivity index (χ2v) is 8.44. The molecule has 2 N–H and O–H groups in total. The van der Waals surface area contributed by atoms with Gasteiger partial charge in [0.1, 0.15) is 11.1 Å². The van der Waals surface area contributed by atoms with Crippen LogP contribution < -0.4 is 10.7 Å². The Bertz CT molecular complexity index is 1060. The number of imide groups is 1. The summed E-state index contributed by atoms with van der Waals surface area (Å²) in [6.45, 7) is 1.05. The van der Waals surface area contributed by atoms with Crippen molar-refractivity contribution in [3.05, 3.63) is 34.0 Å². The third-order valence-electron chi connectivity index (χ3n) is 5.52. The third-order valence-corrected chi connectivity index (χ3v) is 6.02. The van der Waals surface area contributed by atoms with Crippen molar-refractivity contribution in [1.29, 1.82) is 0 Å². The lowest BCUT2D eigenvalue weighted by Gasteiger charge is -2.30. The molecule has 1 spiro atoms. The number of carbonyl (C=O) groups excluding carboxylic acids is 4. The summed E-state index contributed by atoms with van der Waals surface area (Å²) in [4.78, 5) is 49.4. The molecule has 1 saturated heterocycles. The van der Waals surface area contributed by atoms with Gasteiger partial charge >= 0.3 is 12.0 Å². The number of ether oxygens (including phenoxy) is 1. The summed E-state index contributed by atoms with van der Waals surface area (Å²) >= 11 is 3.36. The molecule has 2 aromatic rings. The van der Waals surface area contributed by atoms with E-state index in [0.29, 0.717) is 29.0 Å². The molecule has 4 rings (SSSR count). The van der Waals surface area contributed by atoms with Gasteiger partial charge in [-0.15, -0.1) is 0 Å². The van der Waals surface area contributed by atoms with Crippen LogP contribution in [-0.4, -0.2) is 41.0 Å². The molecule has 10 heteroatoms. The van der Waals surface area contributed by atoms with Gasteiger partial charge in [-0.1, -0.05) is 35.2 Å². The molecule has 2 aliphatic rings. The number of amides is 4. The topological polar surface area (TPSA) is 118 Å². The molecule has 1 aromatic carbocycles. The smallest absolute Gasteiger partial charge is 0.375 e. The zero-order valence-corrected chi connectivity index (χ0v) is 17.8. The van der Waals surface area contributed by atoms with Crippen molar-refractivity contribution in [2.24, 2.45) is 0 Å². The molecule has 9 nitrogen and oxygen atoms in total. The SMILES string of the molecule is Cc1c(C(=O)OCC(=O)NN2C(=O)NC3(CCCCC3)C2=O)oc2ccc(Br)cc12. The molecule has 1 aliphatic heterocycles. The highest BCUT2D eigenvalue weighted by atomic mass is 79.9. The first-order chi connectivity index (χ1) is 14.3. The van der Waals surface area contributed by atoms with Gasteiger partial charge in [-0.2, -0.15) is 5.01 Å². The first-order valence-corrected chi connectivity index (χ1v) is 10.4. The van der Waals surface area contributed by atoms with E-state index >= 15 is 0 Å². The molecule has 158 valence electrons. The fraction of sp³-hybridized carbons (Fsp3) is 0.400. The maximum Gasteiger partial charge on any atom is 0.375 e. The molecule has 1 aromatic heterocycles. The number of nitrogens with one attached hydrogen (secondary N) is 2. The van der Waals surface area contributed by atoms with Crippen molar-refractivity contribution in [2.75, 3.05) is 6.61 Å². The Labute approximate surface area is 180 Å². The van der Waals surface area contributed by atoms with Crippen LogP contribution in [0.4, 0.5) is 4.79 Å². The number of hydrogen-bond donors (Lipinski definition) is 2. The Morgan fingerprint density at radius 1 is 1.27 bits per heavy atom. The number of aryl methyl sites for hydroxylation is 1. The standard InChI is InChI=1S/C20H20BrN3O6/c1-11-13-9-12(21)5-6-14(13)30-16(11)17(26)29-10-15(25)23-24-18(27)20(22-19(24)28)7-3-2-4-8-20/h5-6,9H,2-4,7-8,10H2,1H3,(H,22,28)(H,23,25). The van der Waals surface area contributed by atoms with E-state index < -0.39 is 36.0 Å². The van der Waals surface area contributed by atoms with Gasteiger partial charge in [0.25, 0.3) is 11.8 Å². The lowest BCUT2D eigenvalue weighted by molar-refractivity contribution is -0.140. The van der Waals surface area contributed by atoms with Crippen LogP contribution in [0, 0.1) is 6.92 Å². The van der Waals surface area contributed by atoms with E-state index in [1.807, 2.05) is 6.07 Å². The van der Waals surface area contributed by atoms with Crippen LogP contribution in [0.1, 0.15) is 48.2 Å². The highest BCUT2D eigenvalue weighted by Crippen LogP contribution is 2.33. The van der Waals surface area contributed by atoms with Crippen LogP contribution in [0.5, 0.6) is 0 Å². The second kappa shape index (κ2) is 7.75. The molecular weight excluding hydrogens is 458 g/mol. The number of esters is 1. The molecule has 0 radical (unpaired) electrons. The van der Waals surface area contributed by atoms with E-state index in [0.717, 1.165) is 29.1 Å². The van der Waals surface area contributed by atoms with Crippen LogP contribution >= 0.6 is 15.9 Å². The predicted octanol–water partition coefficient (Wildman–Crippen LogP) is 2.95. The van der Waals surface area contributed by atoms with Crippen molar-refractivity contribution in [1.82, 2.24) is 15.8 Å². The maximum atomic E-state index is 12.7. The largest absolute Gasteiger partial charge is 0.450 e. The predicted molar refractivity (Wildman–Crippen MR) is 108 cm³/mol. The molecule has 1 aliphatic carbocycles. The van der Waals surface area contributed by atoms with Gasteiger partial charge in [-0.25, -0.2) is 9.59 Å². The van der Waals surface area contributed by atoms with Crippen molar-refractivity contribution >= 4 is 50.7 Å². The second-order valence-electron chi connectivity index (χ2n) is 7.52. The van der Waals surface area contributed by atoms with E-state index in [4.69, 9.17) is 9.15 Å². The summed E-state index contributed by atoms with van der Waals surface area (Å²) in [6.07, 6.45) is 3.75. The average molecular weight is 478 g/mol. The van der Waals surface area contributed by atoms with Crippen LogP contribution in [0.15, 0.2) is 27.1 Å². The fourth-order valence-corrected chi connectivity index (χ4v) is 4.32. The Morgan fingerprint density at radius 2 is 2.00 bits per heavy atom. The van der Waals surface area contributed by atoms with Gasteiger partial charge in [-0.3, -0.25) is 15.0 Å². The Hall–Kier alpha value is -2.88. The fourth-order valence-electron chi connectivity index (χ4n) is 3.96. The summed E-state index contributed by atoms with van der Waals surface area (Å²) in [6, 6.07) is 4.64. The summed E-state index contributed by atoms with van der Waals surface area (Å²) in [5.74, 6) is -2.09. The molecule has 1 saturated carbocycles. The molecule has 30 heavy (non-hydrogen) atoms. The van der Waals surface area contributed by atoms with Crippen molar-refractivity contribution in [3.63, 3.8) is 0 Å². The highest BCUT2D eigenvalue weighted by molar-refractivity contribution is 9.10. The number of benzene rings is 1. The molecule has 0 unspecified atom stereocenters. The number of rotatable bonds is 4. The van der Waals surface area contributed by atoms with Gasteiger partial charge in [0.05, 0.1) is 0 Å². The summed E-state index contributed by atoms with van der Waals surface area (Å²) in [5.41, 5.74) is 2.38. The van der Waals surface area contributed by atoms with Crippen molar-refractivity contribution in [2.45, 2.75) is 44.6 Å². The van der Waals surface area contributed by atoms with Crippen LogP contribution in [0.2, 0.25) is 0 Å². The lowest BCUT2D eigenvalue weighted by atomic mass is 9.82. The number of furan rings is 1. The lowest BCUT2D eigenvalue weighted by Crippen LogP contribution is -2.51. The molecule has 2 fully saturated rings. The normalized spacial score (nSPS) is 18.0. The summed E-state index contributed by atoms with van der Waals surface area (Å²) in [5, 5.41) is 4.11. The van der Waals surface area contributed by atoms with Gasteiger partial charge in [0.2, 0.25) is 5.76 Å². The Balaban J connectivity index is 1.38. The number of fused-ring (bicyclic) bond motifs is 1. The number of hydrogen-bond acceptors (Lipinski definition) is 6. The minimum absolute atomic E-state index is 0.00736. The van der Waals surface area contributed by atoms with Gasteiger partial charge in [-0.05, 0) is 38.0 Å². The van der Waals surface area contributed by atoms with E-state index in [1.54, 1.807) is 19.1 Å². The first kappa shape index (κ1) is 20.4. The van der Waals surface area contributed by atoms with Crippen molar-refractivity contribution in [3.8, 4) is 0 Å². The highest BCUT2D eigenvalue weighted by Gasteiger charge is 2.52. The summed E-state index contributed by atoms with van der Waals surface area (Å²) in [7, 11) is 0. The Morgan fingerprint density at radius 3 is 2.73 bits per heavy atom.